The molecule has 0 saturated carbocycles. The van der Waals surface area contributed by atoms with Gasteiger partial charge in [-0.15, -0.1) is 0 Å². The summed E-state index contributed by atoms with van der Waals surface area (Å²) in [6.07, 6.45) is 0. The lowest BCUT2D eigenvalue weighted by Crippen LogP contribution is -2.41. The SMILES string of the molecule is Cc1[nH]c2cc(B3OC(C)(C)C(C)(C)O3)ccc2c1C. The smallest absolute Gasteiger partial charge is 0.399 e. The maximum absolute atomic E-state index is 6.10. The molecule has 1 aromatic heterocycles. The predicted molar refractivity (Wildman–Crippen MR) is 83.5 cm³/mol. The van der Waals surface area contributed by atoms with Crippen LogP contribution in [0.5, 0.6) is 0 Å². The number of benzene rings is 1. The molecule has 0 radical (unpaired) electrons. The molecule has 0 unspecified atom stereocenters. The van der Waals surface area contributed by atoms with E-state index in [1.54, 1.807) is 0 Å². The summed E-state index contributed by atoms with van der Waals surface area (Å²) in [5.74, 6) is 0. The van der Waals surface area contributed by atoms with Crippen LogP contribution in [-0.4, -0.2) is 23.3 Å². The van der Waals surface area contributed by atoms with Crippen LogP contribution in [0.2, 0.25) is 0 Å². The number of nitrogens with one attached hydrogen (secondary N) is 1. The van der Waals surface area contributed by atoms with E-state index in [0.29, 0.717) is 0 Å². The quantitative estimate of drug-likeness (QED) is 0.809. The van der Waals surface area contributed by atoms with Crippen LogP contribution in [0.15, 0.2) is 18.2 Å². The molecule has 106 valence electrons. The molecule has 1 saturated heterocycles. The lowest BCUT2D eigenvalue weighted by Gasteiger charge is -2.32. The van der Waals surface area contributed by atoms with E-state index in [-0.39, 0.29) is 18.3 Å². The van der Waals surface area contributed by atoms with Crippen LogP contribution < -0.4 is 5.46 Å². The standard InChI is InChI=1S/C16H22BNO2/c1-10-11(2)18-14-9-12(7-8-13(10)14)17-19-15(3,4)16(5,6)20-17/h7-9,18H,1-6H3. The molecule has 20 heavy (non-hydrogen) atoms. The molecule has 1 N–H and O–H groups in total. The third-order valence-corrected chi connectivity index (χ3v) is 4.86. The Morgan fingerprint density at radius 2 is 1.60 bits per heavy atom. The third-order valence-electron chi connectivity index (χ3n) is 4.86. The minimum absolute atomic E-state index is 0.297. The van der Waals surface area contributed by atoms with Gasteiger partial charge in [-0.1, -0.05) is 12.1 Å². The van der Waals surface area contributed by atoms with Crippen molar-refractivity contribution < 1.29 is 9.31 Å². The van der Waals surface area contributed by atoms with Gasteiger partial charge in [0.15, 0.2) is 0 Å². The van der Waals surface area contributed by atoms with Crippen LogP contribution in [0, 0.1) is 13.8 Å². The highest BCUT2D eigenvalue weighted by molar-refractivity contribution is 6.62. The number of fused-ring (bicyclic) bond motifs is 1. The molecule has 2 heterocycles. The number of H-pyrrole nitrogens is 1. The normalized spacial score (nSPS) is 20.8. The average molecular weight is 271 g/mol. The highest BCUT2D eigenvalue weighted by Crippen LogP contribution is 2.36. The van der Waals surface area contributed by atoms with E-state index in [2.05, 4.69) is 64.7 Å². The van der Waals surface area contributed by atoms with E-state index in [1.165, 1.54) is 16.6 Å². The van der Waals surface area contributed by atoms with E-state index in [0.717, 1.165) is 11.0 Å². The second kappa shape index (κ2) is 4.12. The fourth-order valence-electron chi connectivity index (χ4n) is 2.62. The van der Waals surface area contributed by atoms with Crippen molar-refractivity contribution in [2.24, 2.45) is 0 Å². The molecule has 3 nitrogen and oxygen atoms in total. The molecule has 2 aromatic rings. The van der Waals surface area contributed by atoms with Gasteiger partial charge in [0.1, 0.15) is 0 Å². The van der Waals surface area contributed by atoms with Crippen LogP contribution in [0.25, 0.3) is 10.9 Å². The molecule has 0 bridgehead atoms. The van der Waals surface area contributed by atoms with Crippen molar-refractivity contribution >= 4 is 23.5 Å². The molecule has 1 aliphatic rings. The summed E-state index contributed by atoms with van der Waals surface area (Å²) in [5, 5.41) is 1.27. The highest BCUT2D eigenvalue weighted by Gasteiger charge is 2.51. The molecule has 0 amide bonds. The highest BCUT2D eigenvalue weighted by atomic mass is 16.7. The molecule has 1 fully saturated rings. The lowest BCUT2D eigenvalue weighted by molar-refractivity contribution is 0.00578. The van der Waals surface area contributed by atoms with Gasteiger partial charge in [-0.25, -0.2) is 0 Å². The predicted octanol–water partition coefficient (Wildman–Crippen LogP) is 3.08. The Labute approximate surface area is 120 Å². The Kier molecular flexibility index (Phi) is 2.83. The Bertz CT molecular complexity index is 656. The van der Waals surface area contributed by atoms with Gasteiger partial charge in [-0.3, -0.25) is 0 Å². The first-order chi connectivity index (χ1) is 9.21. The summed E-state index contributed by atoms with van der Waals surface area (Å²) in [6, 6.07) is 6.39. The summed E-state index contributed by atoms with van der Waals surface area (Å²) in [5.41, 5.74) is 4.14. The first-order valence-electron chi connectivity index (χ1n) is 7.16. The Morgan fingerprint density at radius 3 is 2.20 bits per heavy atom. The summed E-state index contributed by atoms with van der Waals surface area (Å²) in [6.45, 7) is 12.6. The molecular weight excluding hydrogens is 249 g/mol. The van der Waals surface area contributed by atoms with Crippen LogP contribution >= 0.6 is 0 Å². The van der Waals surface area contributed by atoms with Gasteiger partial charge in [0.05, 0.1) is 11.2 Å². The van der Waals surface area contributed by atoms with Crippen molar-refractivity contribution in [1.29, 1.82) is 0 Å². The Morgan fingerprint density at radius 1 is 1.00 bits per heavy atom. The fourth-order valence-corrected chi connectivity index (χ4v) is 2.62. The van der Waals surface area contributed by atoms with Gasteiger partial charge >= 0.3 is 7.12 Å². The minimum Gasteiger partial charge on any atom is -0.399 e. The number of hydrogen-bond acceptors (Lipinski definition) is 2. The van der Waals surface area contributed by atoms with Gasteiger partial charge in [0.25, 0.3) is 0 Å². The zero-order valence-electron chi connectivity index (χ0n) is 13.1. The summed E-state index contributed by atoms with van der Waals surface area (Å²) in [4.78, 5) is 3.42. The Balaban J connectivity index is 2.00. The lowest BCUT2D eigenvalue weighted by atomic mass is 9.79. The van der Waals surface area contributed by atoms with E-state index >= 15 is 0 Å². The number of aromatic amines is 1. The monoisotopic (exact) mass is 271 g/mol. The Hall–Kier alpha value is -1.26. The van der Waals surface area contributed by atoms with E-state index < -0.39 is 0 Å². The van der Waals surface area contributed by atoms with Gasteiger partial charge in [0, 0.05) is 16.6 Å². The number of aryl methyl sites for hydroxylation is 2. The van der Waals surface area contributed by atoms with Crippen molar-refractivity contribution in [3.8, 4) is 0 Å². The molecular formula is C16H22BNO2. The first-order valence-corrected chi connectivity index (χ1v) is 7.16. The van der Waals surface area contributed by atoms with Crippen molar-refractivity contribution in [2.75, 3.05) is 0 Å². The van der Waals surface area contributed by atoms with Gasteiger partial charge < -0.3 is 14.3 Å². The average Bonchev–Trinajstić information content (AvgIpc) is 2.74. The molecule has 4 heteroatoms. The van der Waals surface area contributed by atoms with Gasteiger partial charge in [0.2, 0.25) is 0 Å². The van der Waals surface area contributed by atoms with Gasteiger partial charge in [-0.2, -0.15) is 0 Å². The van der Waals surface area contributed by atoms with E-state index in [4.69, 9.17) is 9.31 Å². The summed E-state index contributed by atoms with van der Waals surface area (Å²) >= 11 is 0. The zero-order valence-corrected chi connectivity index (χ0v) is 13.1. The van der Waals surface area contributed by atoms with Gasteiger partial charge in [-0.05, 0) is 58.6 Å². The summed E-state index contributed by atoms with van der Waals surface area (Å²) in [7, 11) is -0.298. The van der Waals surface area contributed by atoms with Crippen LogP contribution in [0.4, 0.5) is 0 Å². The van der Waals surface area contributed by atoms with Crippen LogP contribution in [0.3, 0.4) is 0 Å². The largest absolute Gasteiger partial charge is 0.494 e. The maximum Gasteiger partial charge on any atom is 0.494 e. The molecule has 0 atom stereocenters. The molecule has 3 rings (SSSR count). The number of rotatable bonds is 1. The third kappa shape index (κ3) is 1.90. The van der Waals surface area contributed by atoms with E-state index in [1.807, 2.05) is 0 Å². The topological polar surface area (TPSA) is 34.2 Å². The van der Waals surface area contributed by atoms with Crippen molar-refractivity contribution in [1.82, 2.24) is 4.98 Å². The number of hydrogen-bond donors (Lipinski definition) is 1. The zero-order chi connectivity index (χ0) is 14.7. The molecule has 0 aliphatic carbocycles. The van der Waals surface area contributed by atoms with Crippen LogP contribution in [0.1, 0.15) is 39.0 Å². The second-order valence-electron chi connectivity index (χ2n) is 6.77. The summed E-state index contributed by atoms with van der Waals surface area (Å²) < 4.78 is 12.2. The fraction of sp³-hybridized carbons (Fsp3) is 0.500. The molecule has 1 aliphatic heterocycles. The minimum atomic E-state index is -0.298. The molecule has 1 aromatic carbocycles. The number of aromatic nitrogens is 1. The first kappa shape index (κ1) is 13.7. The second-order valence-corrected chi connectivity index (χ2v) is 6.77. The van der Waals surface area contributed by atoms with Crippen LogP contribution in [-0.2, 0) is 9.31 Å². The molecule has 0 spiro atoms. The maximum atomic E-state index is 6.10. The van der Waals surface area contributed by atoms with Crippen molar-refractivity contribution in [2.45, 2.75) is 52.7 Å². The van der Waals surface area contributed by atoms with E-state index in [9.17, 15) is 0 Å². The van der Waals surface area contributed by atoms with Crippen molar-refractivity contribution in [3.63, 3.8) is 0 Å². The van der Waals surface area contributed by atoms with Crippen molar-refractivity contribution in [3.05, 3.63) is 29.5 Å².